The van der Waals surface area contributed by atoms with Crippen molar-refractivity contribution < 1.29 is 17.9 Å². The number of ether oxygens (including phenoxy) is 1. The Morgan fingerprint density at radius 1 is 1.43 bits per heavy atom. The molecule has 0 radical (unpaired) electrons. The van der Waals surface area contributed by atoms with Gasteiger partial charge in [-0.25, -0.2) is 0 Å². The first kappa shape index (κ1) is 8.74. The fourth-order valence-electron chi connectivity index (χ4n) is 1.08. The summed E-state index contributed by atoms with van der Waals surface area (Å²) in [6.07, 6.45) is -0.479. The number of fused-ring (bicyclic) bond motifs is 1. The van der Waals surface area contributed by atoms with Crippen LogP contribution in [0.15, 0.2) is 22.6 Å². The minimum atomic E-state index is -2.95. The van der Waals surface area contributed by atoms with E-state index in [4.69, 9.17) is 10.2 Å². The maximum absolute atomic E-state index is 11.8. The zero-order valence-electron chi connectivity index (χ0n) is 6.91. The zero-order valence-corrected chi connectivity index (χ0v) is 6.91. The van der Waals surface area contributed by atoms with Crippen molar-refractivity contribution in [3.05, 3.63) is 18.2 Å². The molecule has 74 valence electrons. The van der Waals surface area contributed by atoms with Crippen LogP contribution in [0, 0.1) is 0 Å². The van der Waals surface area contributed by atoms with E-state index in [9.17, 15) is 8.78 Å². The highest BCUT2D eigenvalue weighted by Crippen LogP contribution is 2.25. The molecule has 2 rings (SSSR count). The molecule has 1 aromatic heterocycles. The molecule has 0 aliphatic rings. The van der Waals surface area contributed by atoms with E-state index in [2.05, 4.69) is 9.72 Å². The number of anilines is 1. The molecule has 0 spiro atoms. The second-order valence-electron chi connectivity index (χ2n) is 2.55. The van der Waals surface area contributed by atoms with Gasteiger partial charge in [0.15, 0.2) is 5.58 Å². The Hall–Kier alpha value is -1.85. The fraction of sp³-hybridized carbons (Fsp3) is 0.125. The van der Waals surface area contributed by atoms with Gasteiger partial charge in [0.2, 0.25) is 0 Å². The van der Waals surface area contributed by atoms with E-state index in [-0.39, 0.29) is 0 Å². The van der Waals surface area contributed by atoms with Crippen LogP contribution in [0.4, 0.5) is 14.5 Å². The van der Waals surface area contributed by atoms with E-state index in [1.807, 2.05) is 0 Å². The number of halogens is 2. The van der Waals surface area contributed by atoms with E-state index in [0.29, 0.717) is 16.8 Å². The molecule has 2 N–H and O–H groups in total. The standard InChI is InChI=1S/C8H6F2N2O2/c9-7(10)14-8-12-6-4(11)2-1-3-5(6)13-8/h1-3,7H,11H2. The first-order valence-corrected chi connectivity index (χ1v) is 3.76. The number of nitrogen functional groups attached to an aromatic ring is 1. The molecule has 6 heteroatoms. The highest BCUT2D eigenvalue weighted by atomic mass is 19.3. The third-order valence-electron chi connectivity index (χ3n) is 1.62. The number of benzene rings is 1. The van der Waals surface area contributed by atoms with Gasteiger partial charge in [-0.05, 0) is 12.1 Å². The molecule has 0 amide bonds. The summed E-state index contributed by atoms with van der Waals surface area (Å²) < 4.78 is 32.4. The number of hydrogen-bond donors (Lipinski definition) is 1. The van der Waals surface area contributed by atoms with Gasteiger partial charge < -0.3 is 14.9 Å². The quantitative estimate of drug-likeness (QED) is 0.753. The summed E-state index contributed by atoms with van der Waals surface area (Å²) in [6.45, 7) is -2.95. The second kappa shape index (κ2) is 3.13. The van der Waals surface area contributed by atoms with Crippen LogP contribution in [0.2, 0.25) is 0 Å². The van der Waals surface area contributed by atoms with Crippen LogP contribution in [0.3, 0.4) is 0 Å². The smallest absolute Gasteiger partial charge is 0.399 e. The van der Waals surface area contributed by atoms with Gasteiger partial charge in [-0.1, -0.05) is 6.07 Å². The summed E-state index contributed by atoms with van der Waals surface area (Å²) in [5, 5.41) is 0. The fourth-order valence-corrected chi connectivity index (χ4v) is 1.08. The Kier molecular flexibility index (Phi) is 1.95. The van der Waals surface area contributed by atoms with E-state index in [1.54, 1.807) is 18.2 Å². The predicted molar refractivity (Wildman–Crippen MR) is 45.1 cm³/mol. The van der Waals surface area contributed by atoms with Gasteiger partial charge in [-0.15, -0.1) is 0 Å². The number of oxazole rings is 1. The first-order chi connectivity index (χ1) is 6.66. The van der Waals surface area contributed by atoms with Gasteiger partial charge in [0, 0.05) is 0 Å². The average molecular weight is 200 g/mol. The molecule has 0 aliphatic heterocycles. The van der Waals surface area contributed by atoms with Gasteiger partial charge in [-0.2, -0.15) is 13.8 Å². The molecule has 1 aromatic carbocycles. The van der Waals surface area contributed by atoms with E-state index < -0.39 is 12.7 Å². The van der Waals surface area contributed by atoms with Gasteiger partial charge in [0.05, 0.1) is 5.69 Å². The van der Waals surface area contributed by atoms with Crippen LogP contribution >= 0.6 is 0 Å². The Balaban J connectivity index is 2.46. The van der Waals surface area contributed by atoms with Crippen LogP contribution in [0.25, 0.3) is 11.1 Å². The second-order valence-corrected chi connectivity index (χ2v) is 2.55. The highest BCUT2D eigenvalue weighted by molar-refractivity contribution is 5.85. The van der Waals surface area contributed by atoms with Crippen LogP contribution in [0.1, 0.15) is 0 Å². The summed E-state index contributed by atoms with van der Waals surface area (Å²) in [5.74, 6) is 0. The Morgan fingerprint density at radius 2 is 2.21 bits per heavy atom. The molecule has 4 nitrogen and oxygen atoms in total. The third kappa shape index (κ3) is 1.46. The Morgan fingerprint density at radius 3 is 2.86 bits per heavy atom. The lowest BCUT2D eigenvalue weighted by atomic mass is 10.3. The number of alkyl halides is 2. The number of para-hydroxylation sites is 1. The number of nitrogens with zero attached hydrogens (tertiary/aromatic N) is 1. The van der Waals surface area contributed by atoms with Crippen molar-refractivity contribution in [2.45, 2.75) is 6.61 Å². The number of aromatic nitrogens is 1. The van der Waals surface area contributed by atoms with Crippen molar-refractivity contribution in [3.63, 3.8) is 0 Å². The van der Waals surface area contributed by atoms with Crippen LogP contribution in [0.5, 0.6) is 6.08 Å². The largest absolute Gasteiger partial charge is 0.409 e. The van der Waals surface area contributed by atoms with Crippen molar-refractivity contribution in [1.82, 2.24) is 4.98 Å². The van der Waals surface area contributed by atoms with E-state index in [0.717, 1.165) is 0 Å². The third-order valence-corrected chi connectivity index (χ3v) is 1.62. The molecule has 0 atom stereocenters. The predicted octanol–water partition coefficient (Wildman–Crippen LogP) is 2.01. The lowest BCUT2D eigenvalue weighted by Crippen LogP contribution is -2.01. The average Bonchev–Trinajstić information content (AvgIpc) is 2.47. The lowest BCUT2D eigenvalue weighted by Gasteiger charge is -1.94. The van der Waals surface area contributed by atoms with Gasteiger partial charge >= 0.3 is 12.7 Å². The molecule has 2 aromatic rings. The maximum Gasteiger partial charge on any atom is 0.399 e. The van der Waals surface area contributed by atoms with Crippen LogP contribution in [-0.4, -0.2) is 11.6 Å². The molecule has 0 unspecified atom stereocenters. The lowest BCUT2D eigenvalue weighted by molar-refractivity contribution is -0.0664. The van der Waals surface area contributed by atoms with Crippen molar-refractivity contribution in [1.29, 1.82) is 0 Å². The number of hydrogen-bond acceptors (Lipinski definition) is 4. The topological polar surface area (TPSA) is 61.3 Å². The number of rotatable bonds is 2. The molecule has 1 heterocycles. The van der Waals surface area contributed by atoms with Crippen LogP contribution in [-0.2, 0) is 0 Å². The Bertz CT molecular complexity index is 456. The monoisotopic (exact) mass is 200 g/mol. The summed E-state index contributed by atoms with van der Waals surface area (Å²) in [5.41, 5.74) is 6.53. The van der Waals surface area contributed by atoms with Gasteiger partial charge in [0.1, 0.15) is 5.52 Å². The minimum absolute atomic E-state index is 0.320. The summed E-state index contributed by atoms with van der Waals surface area (Å²) >= 11 is 0. The summed E-state index contributed by atoms with van der Waals surface area (Å²) in [6, 6.07) is 4.79. The molecular formula is C8H6F2N2O2. The zero-order chi connectivity index (χ0) is 10.1. The van der Waals surface area contributed by atoms with Crippen molar-refractivity contribution >= 4 is 16.8 Å². The number of nitrogens with two attached hydrogens (primary N) is 1. The molecule has 0 fully saturated rings. The molecule has 0 saturated heterocycles. The molecule has 0 bridgehead atoms. The van der Waals surface area contributed by atoms with Crippen LogP contribution < -0.4 is 10.5 Å². The van der Waals surface area contributed by atoms with Gasteiger partial charge in [0.25, 0.3) is 0 Å². The molecular weight excluding hydrogens is 194 g/mol. The van der Waals surface area contributed by atoms with Gasteiger partial charge in [-0.3, -0.25) is 0 Å². The molecule has 14 heavy (non-hydrogen) atoms. The Labute approximate surface area is 77.3 Å². The van der Waals surface area contributed by atoms with Crippen molar-refractivity contribution in [2.75, 3.05) is 5.73 Å². The van der Waals surface area contributed by atoms with Crippen molar-refractivity contribution in [2.24, 2.45) is 0 Å². The normalized spacial score (nSPS) is 11.1. The van der Waals surface area contributed by atoms with E-state index >= 15 is 0 Å². The minimum Gasteiger partial charge on any atom is -0.409 e. The highest BCUT2D eigenvalue weighted by Gasteiger charge is 2.12. The SMILES string of the molecule is Nc1cccc2oc(OC(F)F)nc12. The summed E-state index contributed by atoms with van der Waals surface area (Å²) in [7, 11) is 0. The summed E-state index contributed by atoms with van der Waals surface area (Å²) in [4.78, 5) is 3.66. The first-order valence-electron chi connectivity index (χ1n) is 3.76. The molecule has 0 saturated carbocycles. The molecule has 0 aliphatic carbocycles. The maximum atomic E-state index is 11.8. The van der Waals surface area contributed by atoms with Crippen molar-refractivity contribution in [3.8, 4) is 6.08 Å². The van der Waals surface area contributed by atoms with E-state index in [1.165, 1.54) is 0 Å².